The van der Waals surface area contributed by atoms with E-state index in [1.54, 1.807) is 19.5 Å². The first-order valence-corrected chi connectivity index (χ1v) is 9.66. The summed E-state index contributed by atoms with van der Waals surface area (Å²) in [6, 6.07) is 5.84. The normalized spacial score (nSPS) is 12.3. The van der Waals surface area contributed by atoms with Crippen molar-refractivity contribution < 1.29 is 9.53 Å². The Bertz CT molecular complexity index is 920. The zero-order valence-electron chi connectivity index (χ0n) is 15.9. The van der Waals surface area contributed by atoms with Crippen LogP contribution in [0.5, 0.6) is 0 Å². The van der Waals surface area contributed by atoms with Crippen LogP contribution in [0, 0.1) is 13.8 Å². The highest BCUT2D eigenvalue weighted by Gasteiger charge is 2.19. The highest BCUT2D eigenvalue weighted by atomic mass is 32.2. The van der Waals surface area contributed by atoms with Gasteiger partial charge in [-0.1, -0.05) is 11.8 Å². The molecule has 3 aromatic heterocycles. The number of aromatic nitrogens is 5. The van der Waals surface area contributed by atoms with Crippen molar-refractivity contribution in [1.29, 1.82) is 0 Å². The second kappa shape index (κ2) is 8.49. The van der Waals surface area contributed by atoms with Gasteiger partial charge in [-0.25, -0.2) is 4.98 Å². The predicted molar refractivity (Wildman–Crippen MR) is 105 cm³/mol. The third kappa shape index (κ3) is 4.28. The molecule has 0 saturated heterocycles. The number of aryl methyl sites for hydroxylation is 1. The molecule has 1 unspecified atom stereocenters. The van der Waals surface area contributed by atoms with E-state index in [4.69, 9.17) is 4.74 Å². The van der Waals surface area contributed by atoms with E-state index in [1.165, 1.54) is 11.8 Å². The average molecular weight is 385 g/mol. The standard InChI is InChI=1S/C19H23N5O2S/c1-12-9-16(14(3)24(12)13(2)10-26-4)17(25)11-27-19-21-18(22-23-19)15-5-7-20-8-6-15/h5-9,13H,10-11H2,1-4H3,(H,21,22,23). The molecule has 0 spiro atoms. The van der Waals surface area contributed by atoms with Crippen LogP contribution in [-0.2, 0) is 4.74 Å². The van der Waals surface area contributed by atoms with Crippen molar-refractivity contribution in [2.24, 2.45) is 0 Å². The quantitative estimate of drug-likeness (QED) is 0.472. The Kier molecular flexibility index (Phi) is 6.08. The number of hydrogen-bond acceptors (Lipinski definition) is 6. The molecule has 3 aromatic rings. The van der Waals surface area contributed by atoms with Gasteiger partial charge in [0.25, 0.3) is 0 Å². The summed E-state index contributed by atoms with van der Waals surface area (Å²) < 4.78 is 7.40. The number of Topliss-reactive ketones (excluding diaryl/α,β-unsaturated/α-hetero) is 1. The minimum atomic E-state index is 0.0687. The molecule has 8 heteroatoms. The second-order valence-corrected chi connectivity index (χ2v) is 7.32. The minimum absolute atomic E-state index is 0.0687. The Morgan fingerprint density at radius 2 is 2.07 bits per heavy atom. The van der Waals surface area contributed by atoms with Crippen LogP contribution in [0.15, 0.2) is 35.7 Å². The lowest BCUT2D eigenvalue weighted by molar-refractivity contribution is 0.102. The molecule has 0 saturated carbocycles. The van der Waals surface area contributed by atoms with E-state index in [9.17, 15) is 4.79 Å². The number of hydrogen-bond donors (Lipinski definition) is 1. The van der Waals surface area contributed by atoms with Gasteiger partial charge in [0, 0.05) is 42.0 Å². The molecule has 7 nitrogen and oxygen atoms in total. The summed E-state index contributed by atoms with van der Waals surface area (Å²) >= 11 is 1.33. The van der Waals surface area contributed by atoms with Gasteiger partial charge in [-0.2, -0.15) is 0 Å². The van der Waals surface area contributed by atoms with Crippen LogP contribution in [0.3, 0.4) is 0 Å². The van der Waals surface area contributed by atoms with Crippen molar-refractivity contribution in [2.75, 3.05) is 19.5 Å². The summed E-state index contributed by atoms with van der Waals surface area (Å²) in [6.07, 6.45) is 3.41. The number of ether oxygens (including phenoxy) is 1. The Morgan fingerprint density at radius 1 is 1.33 bits per heavy atom. The monoisotopic (exact) mass is 385 g/mol. The van der Waals surface area contributed by atoms with E-state index in [1.807, 2.05) is 32.0 Å². The third-order valence-electron chi connectivity index (χ3n) is 4.38. The van der Waals surface area contributed by atoms with E-state index >= 15 is 0 Å². The molecule has 0 aliphatic heterocycles. The van der Waals surface area contributed by atoms with Gasteiger partial charge < -0.3 is 9.30 Å². The number of H-pyrrole nitrogens is 1. The fourth-order valence-corrected chi connectivity index (χ4v) is 3.89. The van der Waals surface area contributed by atoms with Crippen molar-refractivity contribution in [1.82, 2.24) is 24.7 Å². The number of nitrogens with zero attached hydrogens (tertiary/aromatic N) is 4. The first-order valence-electron chi connectivity index (χ1n) is 8.67. The Hall–Kier alpha value is -2.45. The van der Waals surface area contributed by atoms with Crippen LogP contribution >= 0.6 is 11.8 Å². The zero-order valence-corrected chi connectivity index (χ0v) is 16.7. The number of rotatable bonds is 8. The second-order valence-electron chi connectivity index (χ2n) is 6.37. The molecule has 3 heterocycles. The third-order valence-corrected chi connectivity index (χ3v) is 5.23. The number of pyridine rings is 1. The van der Waals surface area contributed by atoms with E-state index < -0.39 is 0 Å². The molecule has 0 fully saturated rings. The molecule has 3 rings (SSSR count). The summed E-state index contributed by atoms with van der Waals surface area (Å²) in [7, 11) is 1.68. The maximum Gasteiger partial charge on any atom is 0.209 e. The van der Waals surface area contributed by atoms with Crippen LogP contribution in [0.2, 0.25) is 0 Å². The summed E-state index contributed by atoms with van der Waals surface area (Å²) in [6.45, 7) is 6.68. The summed E-state index contributed by atoms with van der Waals surface area (Å²) in [5.41, 5.74) is 3.68. The maximum absolute atomic E-state index is 12.7. The van der Waals surface area contributed by atoms with Gasteiger partial charge in [0.2, 0.25) is 5.16 Å². The molecule has 0 aromatic carbocycles. The average Bonchev–Trinajstić information content (AvgIpc) is 3.25. The summed E-state index contributed by atoms with van der Waals surface area (Å²) in [4.78, 5) is 21.2. The number of aromatic amines is 1. The molecular formula is C19H23N5O2S. The Labute approximate surface area is 162 Å². The molecule has 0 amide bonds. The number of ketones is 1. The van der Waals surface area contributed by atoms with Gasteiger partial charge in [0.15, 0.2) is 11.6 Å². The van der Waals surface area contributed by atoms with Crippen molar-refractivity contribution in [3.8, 4) is 11.4 Å². The highest BCUT2D eigenvalue weighted by Crippen LogP contribution is 2.24. The first kappa shape index (κ1) is 19.3. The smallest absolute Gasteiger partial charge is 0.209 e. The highest BCUT2D eigenvalue weighted by molar-refractivity contribution is 7.99. The van der Waals surface area contributed by atoms with E-state index in [2.05, 4.69) is 31.7 Å². The van der Waals surface area contributed by atoms with Crippen LogP contribution < -0.4 is 0 Å². The number of nitrogens with one attached hydrogen (secondary N) is 1. The SMILES string of the molecule is COCC(C)n1c(C)cc(C(=O)CSc2n[nH]c(-c3ccncc3)n2)c1C. The van der Waals surface area contributed by atoms with E-state index in [0.717, 1.165) is 22.5 Å². The number of carbonyl (C=O) groups excluding carboxylic acids is 1. The van der Waals surface area contributed by atoms with Gasteiger partial charge in [-0.3, -0.25) is 14.9 Å². The predicted octanol–water partition coefficient (Wildman–Crippen LogP) is 3.47. The van der Waals surface area contributed by atoms with E-state index in [-0.39, 0.29) is 17.6 Å². The maximum atomic E-state index is 12.7. The van der Waals surface area contributed by atoms with Crippen LogP contribution in [0.1, 0.15) is 34.7 Å². The largest absolute Gasteiger partial charge is 0.383 e. The van der Waals surface area contributed by atoms with Crippen molar-refractivity contribution in [2.45, 2.75) is 32.0 Å². The van der Waals surface area contributed by atoms with E-state index in [0.29, 0.717) is 17.6 Å². The molecule has 0 aliphatic carbocycles. The molecule has 1 atom stereocenters. The fourth-order valence-electron chi connectivity index (χ4n) is 3.21. The molecule has 1 N–H and O–H groups in total. The zero-order chi connectivity index (χ0) is 19.4. The number of thioether (sulfide) groups is 1. The molecule has 0 radical (unpaired) electrons. The molecular weight excluding hydrogens is 362 g/mol. The topological polar surface area (TPSA) is 85.7 Å². The van der Waals surface area contributed by atoms with Crippen molar-refractivity contribution in [3.63, 3.8) is 0 Å². The van der Waals surface area contributed by atoms with Crippen molar-refractivity contribution >= 4 is 17.5 Å². The van der Waals surface area contributed by atoms with Crippen LogP contribution in [0.25, 0.3) is 11.4 Å². The summed E-state index contributed by atoms with van der Waals surface area (Å²) in [5, 5.41) is 7.64. The Balaban J connectivity index is 1.68. The van der Waals surface area contributed by atoms with Gasteiger partial charge in [-0.15, -0.1) is 5.10 Å². The summed E-state index contributed by atoms with van der Waals surface area (Å²) in [5.74, 6) is 1.02. The lowest BCUT2D eigenvalue weighted by atomic mass is 10.2. The van der Waals surface area contributed by atoms with Gasteiger partial charge in [0.05, 0.1) is 18.4 Å². The molecule has 27 heavy (non-hydrogen) atoms. The minimum Gasteiger partial charge on any atom is -0.383 e. The van der Waals surface area contributed by atoms with Crippen molar-refractivity contribution in [3.05, 3.63) is 47.5 Å². The lowest BCUT2D eigenvalue weighted by Crippen LogP contribution is -2.14. The molecule has 0 aliphatic rings. The fraction of sp³-hybridized carbons (Fsp3) is 0.368. The van der Waals surface area contributed by atoms with Crippen LogP contribution in [0.4, 0.5) is 0 Å². The number of methoxy groups -OCH3 is 1. The van der Waals surface area contributed by atoms with Gasteiger partial charge in [-0.05, 0) is 39.0 Å². The molecule has 142 valence electrons. The first-order chi connectivity index (χ1) is 13.0. The Morgan fingerprint density at radius 3 is 2.78 bits per heavy atom. The van der Waals surface area contributed by atoms with Gasteiger partial charge >= 0.3 is 0 Å². The number of carbonyl (C=O) groups is 1. The van der Waals surface area contributed by atoms with Gasteiger partial charge in [0.1, 0.15) is 0 Å². The van der Waals surface area contributed by atoms with Crippen LogP contribution in [-0.4, -0.2) is 50.0 Å². The molecule has 0 bridgehead atoms. The lowest BCUT2D eigenvalue weighted by Gasteiger charge is -2.17.